The minimum absolute atomic E-state index is 0.0931. The van der Waals surface area contributed by atoms with Gasteiger partial charge in [-0.2, -0.15) is 0 Å². The number of ether oxygens (including phenoxy) is 2. The molecule has 2 aliphatic heterocycles. The highest BCUT2D eigenvalue weighted by molar-refractivity contribution is 5.95. The molecule has 5 rings (SSSR count). The number of piperidine rings is 1. The van der Waals surface area contributed by atoms with Crippen LogP contribution in [0.2, 0.25) is 0 Å². The fourth-order valence-electron chi connectivity index (χ4n) is 5.05. The van der Waals surface area contributed by atoms with Crippen LogP contribution in [0.5, 0.6) is 5.75 Å². The summed E-state index contributed by atoms with van der Waals surface area (Å²) in [5.74, 6) is 0.946. The minimum Gasteiger partial charge on any atom is -0.497 e. The number of amides is 1. The number of aromatic nitrogens is 1. The van der Waals surface area contributed by atoms with Gasteiger partial charge in [-0.05, 0) is 67.4 Å². The zero-order chi connectivity index (χ0) is 23.0. The first-order chi connectivity index (χ1) is 16.0. The summed E-state index contributed by atoms with van der Waals surface area (Å²) in [5.41, 5.74) is 6.27. The Kier molecular flexibility index (Phi) is 5.49. The molecule has 33 heavy (non-hydrogen) atoms. The maximum absolute atomic E-state index is 13.3. The van der Waals surface area contributed by atoms with Crippen molar-refractivity contribution in [2.75, 3.05) is 20.2 Å². The number of carbonyl (C=O) groups excluding carboxylic acids is 1. The zero-order valence-electron chi connectivity index (χ0n) is 19.5. The molecule has 1 aromatic heterocycles. The van der Waals surface area contributed by atoms with Gasteiger partial charge in [0.1, 0.15) is 11.4 Å². The van der Waals surface area contributed by atoms with Crippen molar-refractivity contribution in [1.82, 2.24) is 9.47 Å². The molecule has 0 radical (unpaired) electrons. The number of benzene rings is 2. The zero-order valence-corrected chi connectivity index (χ0v) is 19.5. The molecule has 0 aliphatic carbocycles. The quantitative estimate of drug-likeness (QED) is 0.533. The van der Waals surface area contributed by atoms with Gasteiger partial charge in [0.05, 0.1) is 13.4 Å². The van der Waals surface area contributed by atoms with E-state index < -0.39 is 0 Å². The van der Waals surface area contributed by atoms with Crippen molar-refractivity contribution in [3.63, 3.8) is 0 Å². The summed E-state index contributed by atoms with van der Waals surface area (Å²) >= 11 is 0. The van der Waals surface area contributed by atoms with Crippen LogP contribution in [0.15, 0.2) is 66.9 Å². The Bertz CT molecular complexity index is 1180. The number of likely N-dealkylation sites (tertiary alicyclic amines) is 1. The number of hydrogen-bond donors (Lipinski definition) is 0. The predicted molar refractivity (Wildman–Crippen MR) is 130 cm³/mol. The summed E-state index contributed by atoms with van der Waals surface area (Å²) in [7, 11) is 1.68. The number of aryl methyl sites for hydroxylation is 2. The smallest absolute Gasteiger partial charge is 0.253 e. The summed E-state index contributed by atoms with van der Waals surface area (Å²) < 4.78 is 13.6. The summed E-state index contributed by atoms with van der Waals surface area (Å²) in [5, 5.41) is 0. The Hall–Kier alpha value is -3.47. The molecule has 1 saturated heterocycles. The van der Waals surface area contributed by atoms with E-state index in [9.17, 15) is 4.79 Å². The van der Waals surface area contributed by atoms with Crippen molar-refractivity contribution < 1.29 is 14.3 Å². The normalized spacial score (nSPS) is 17.1. The van der Waals surface area contributed by atoms with Crippen LogP contribution in [0.25, 0.3) is 11.3 Å². The highest BCUT2D eigenvalue weighted by Gasteiger charge is 2.41. The van der Waals surface area contributed by atoms with Gasteiger partial charge < -0.3 is 18.9 Å². The van der Waals surface area contributed by atoms with Crippen LogP contribution in [0.3, 0.4) is 0 Å². The number of carbonyl (C=O) groups is 1. The lowest BCUT2D eigenvalue weighted by Gasteiger charge is -2.38. The van der Waals surface area contributed by atoms with Gasteiger partial charge in [0.25, 0.3) is 5.91 Å². The fourth-order valence-corrected chi connectivity index (χ4v) is 5.05. The molecule has 0 bridgehead atoms. The third-order valence-electron chi connectivity index (χ3n) is 7.01. The van der Waals surface area contributed by atoms with E-state index >= 15 is 0 Å². The molecular weight excluding hydrogens is 412 g/mol. The van der Waals surface area contributed by atoms with Crippen molar-refractivity contribution in [3.05, 3.63) is 89.4 Å². The lowest BCUT2D eigenvalue weighted by molar-refractivity contribution is -0.0112. The average molecular weight is 443 g/mol. The van der Waals surface area contributed by atoms with E-state index in [-0.39, 0.29) is 11.5 Å². The third-order valence-corrected chi connectivity index (χ3v) is 7.01. The molecule has 0 N–H and O–H groups in total. The molecule has 1 amide bonds. The summed E-state index contributed by atoms with van der Waals surface area (Å²) in [6, 6.07) is 20.3. The van der Waals surface area contributed by atoms with Gasteiger partial charge in [-0.25, -0.2) is 0 Å². The third kappa shape index (κ3) is 4.04. The van der Waals surface area contributed by atoms with E-state index in [1.165, 1.54) is 11.1 Å². The summed E-state index contributed by atoms with van der Waals surface area (Å²) in [6.45, 7) is 5.57. The highest BCUT2D eigenvalue weighted by atomic mass is 16.5. The van der Waals surface area contributed by atoms with E-state index in [2.05, 4.69) is 48.7 Å². The van der Waals surface area contributed by atoms with E-state index in [1.807, 2.05) is 41.5 Å². The van der Waals surface area contributed by atoms with Crippen molar-refractivity contribution in [1.29, 1.82) is 0 Å². The summed E-state index contributed by atoms with van der Waals surface area (Å²) in [4.78, 5) is 15.3. The van der Waals surface area contributed by atoms with Gasteiger partial charge in [-0.15, -0.1) is 0 Å². The molecule has 170 valence electrons. The lowest BCUT2D eigenvalue weighted by atomic mass is 9.85. The van der Waals surface area contributed by atoms with E-state index in [1.54, 1.807) is 7.11 Å². The van der Waals surface area contributed by atoms with E-state index in [0.717, 1.165) is 47.7 Å². The maximum atomic E-state index is 13.3. The van der Waals surface area contributed by atoms with Crippen LogP contribution in [0.4, 0.5) is 0 Å². The molecule has 5 heteroatoms. The Morgan fingerprint density at radius 1 is 0.970 bits per heavy atom. The first kappa shape index (κ1) is 21.4. The van der Waals surface area contributed by atoms with Gasteiger partial charge in [-0.3, -0.25) is 4.79 Å². The SMILES string of the molecule is COc1ccc(C2=COC3(CCN(C(=O)c4cccc(-n5c(C)ccc5C)c4)CC3)C2)cc1. The minimum atomic E-state index is -0.201. The van der Waals surface area contributed by atoms with Crippen molar-refractivity contribution >= 4 is 11.5 Å². The first-order valence-corrected chi connectivity index (χ1v) is 11.5. The van der Waals surface area contributed by atoms with Gasteiger partial charge in [0.15, 0.2) is 0 Å². The number of methoxy groups -OCH3 is 1. The average Bonchev–Trinajstić information content (AvgIpc) is 3.42. The van der Waals surface area contributed by atoms with Crippen molar-refractivity contribution in [3.8, 4) is 11.4 Å². The molecule has 3 heterocycles. The van der Waals surface area contributed by atoms with Crippen LogP contribution >= 0.6 is 0 Å². The highest BCUT2D eigenvalue weighted by Crippen LogP contribution is 2.42. The van der Waals surface area contributed by atoms with Gasteiger partial charge in [0.2, 0.25) is 0 Å². The van der Waals surface area contributed by atoms with Crippen LogP contribution < -0.4 is 4.74 Å². The van der Waals surface area contributed by atoms with E-state index in [0.29, 0.717) is 13.1 Å². The monoisotopic (exact) mass is 442 g/mol. The molecular formula is C28H30N2O3. The lowest BCUT2D eigenvalue weighted by Crippen LogP contribution is -2.46. The maximum Gasteiger partial charge on any atom is 0.253 e. The number of rotatable bonds is 4. The van der Waals surface area contributed by atoms with Crippen LogP contribution in [0.1, 0.15) is 46.6 Å². The van der Waals surface area contributed by atoms with Crippen LogP contribution in [-0.2, 0) is 4.74 Å². The molecule has 0 atom stereocenters. The van der Waals surface area contributed by atoms with Crippen molar-refractivity contribution in [2.24, 2.45) is 0 Å². The number of hydrogen-bond acceptors (Lipinski definition) is 3. The Balaban J connectivity index is 1.24. The second-order valence-corrected chi connectivity index (χ2v) is 9.14. The Labute approximate surface area is 195 Å². The van der Waals surface area contributed by atoms with Gasteiger partial charge >= 0.3 is 0 Å². The molecule has 1 fully saturated rings. The Morgan fingerprint density at radius 2 is 1.67 bits per heavy atom. The molecule has 2 aliphatic rings. The Morgan fingerprint density at radius 3 is 2.33 bits per heavy atom. The second kappa shape index (κ2) is 8.47. The largest absolute Gasteiger partial charge is 0.497 e. The molecule has 5 nitrogen and oxygen atoms in total. The summed E-state index contributed by atoms with van der Waals surface area (Å²) in [6.07, 6.45) is 4.46. The van der Waals surface area contributed by atoms with Gasteiger partial charge in [-0.1, -0.05) is 18.2 Å². The molecule has 0 unspecified atom stereocenters. The topological polar surface area (TPSA) is 43.7 Å². The molecule has 3 aromatic rings. The van der Waals surface area contributed by atoms with Gasteiger partial charge in [0, 0.05) is 55.0 Å². The fraction of sp³-hybridized carbons (Fsp3) is 0.321. The van der Waals surface area contributed by atoms with Crippen LogP contribution in [0, 0.1) is 13.8 Å². The predicted octanol–water partition coefficient (Wildman–Crippen LogP) is 5.54. The first-order valence-electron chi connectivity index (χ1n) is 11.5. The number of nitrogens with zero attached hydrogens (tertiary/aromatic N) is 2. The van der Waals surface area contributed by atoms with Crippen molar-refractivity contribution in [2.45, 2.75) is 38.7 Å². The van der Waals surface area contributed by atoms with Crippen LogP contribution in [-0.4, -0.2) is 41.2 Å². The molecule has 0 saturated carbocycles. The molecule has 2 aromatic carbocycles. The molecule has 1 spiro atoms. The van der Waals surface area contributed by atoms with E-state index in [4.69, 9.17) is 9.47 Å². The standard InChI is InChI=1S/C28H30N2O3/c1-20-7-8-21(2)30(20)25-6-4-5-23(17-25)27(31)29-15-13-28(14-16-29)18-24(19-33-28)22-9-11-26(32-3)12-10-22/h4-12,17,19H,13-16,18H2,1-3H3. The second-order valence-electron chi connectivity index (χ2n) is 9.14.